The minimum absolute atomic E-state index is 0.105. The summed E-state index contributed by atoms with van der Waals surface area (Å²) in [6.07, 6.45) is 2.83. The zero-order chi connectivity index (χ0) is 13.6. The minimum Gasteiger partial charge on any atom is -0.384 e. The van der Waals surface area contributed by atoms with Gasteiger partial charge in [-0.05, 0) is 18.6 Å². The Kier molecular flexibility index (Phi) is 5.52. The van der Waals surface area contributed by atoms with Crippen LogP contribution in [0.15, 0.2) is 23.2 Å². The highest BCUT2D eigenvalue weighted by molar-refractivity contribution is 7.89. The summed E-state index contributed by atoms with van der Waals surface area (Å²) < 4.78 is 31.7. The molecule has 0 saturated carbocycles. The maximum absolute atomic E-state index is 12.1. The molecule has 1 heterocycles. The van der Waals surface area contributed by atoms with Gasteiger partial charge in [0.05, 0.1) is 6.61 Å². The number of sulfonamides is 1. The second-order valence-electron chi connectivity index (χ2n) is 3.98. The first-order valence-corrected chi connectivity index (χ1v) is 7.20. The third-order valence-corrected chi connectivity index (χ3v) is 3.90. The first-order chi connectivity index (χ1) is 8.49. The number of aromatic nitrogens is 1. The molecule has 18 heavy (non-hydrogen) atoms. The molecule has 0 aliphatic carbocycles. The molecule has 0 aliphatic heterocycles. The van der Waals surface area contributed by atoms with Crippen molar-refractivity contribution in [3.63, 3.8) is 0 Å². The highest BCUT2D eigenvalue weighted by Crippen LogP contribution is 2.10. The zero-order valence-corrected chi connectivity index (χ0v) is 11.4. The first kappa shape index (κ1) is 14.9. The van der Waals surface area contributed by atoms with Crippen molar-refractivity contribution in [1.29, 1.82) is 0 Å². The van der Waals surface area contributed by atoms with E-state index in [0.29, 0.717) is 6.61 Å². The molecule has 0 fully saturated rings. The van der Waals surface area contributed by atoms with Crippen molar-refractivity contribution < 1.29 is 13.2 Å². The number of anilines is 1. The van der Waals surface area contributed by atoms with Crippen LogP contribution in [0.5, 0.6) is 0 Å². The largest absolute Gasteiger partial charge is 0.384 e. The summed E-state index contributed by atoms with van der Waals surface area (Å²) in [6, 6.07) is 2.66. The number of nitrogen functional groups attached to an aromatic ring is 1. The molecule has 1 rings (SSSR count). The molecular weight excluding hydrogens is 254 g/mol. The number of nitrogens with one attached hydrogen (secondary N) is 1. The normalized spacial score (nSPS) is 13.4. The second kappa shape index (κ2) is 6.67. The van der Waals surface area contributed by atoms with E-state index < -0.39 is 10.0 Å². The van der Waals surface area contributed by atoms with Crippen LogP contribution in [0.4, 0.5) is 5.82 Å². The maximum Gasteiger partial charge on any atom is 0.242 e. The summed E-state index contributed by atoms with van der Waals surface area (Å²) in [5, 5.41) is 0. The smallest absolute Gasteiger partial charge is 0.242 e. The van der Waals surface area contributed by atoms with Crippen LogP contribution in [0.3, 0.4) is 0 Å². The van der Waals surface area contributed by atoms with E-state index in [2.05, 4.69) is 9.71 Å². The molecule has 0 aromatic carbocycles. The topological polar surface area (TPSA) is 94.3 Å². The lowest BCUT2D eigenvalue weighted by atomic mass is 10.2. The van der Waals surface area contributed by atoms with E-state index in [0.717, 1.165) is 12.8 Å². The molecule has 0 bridgehead atoms. The number of hydrogen-bond acceptors (Lipinski definition) is 5. The van der Waals surface area contributed by atoms with E-state index in [-0.39, 0.29) is 16.8 Å². The second-order valence-corrected chi connectivity index (χ2v) is 5.69. The Hall–Kier alpha value is -1.18. The van der Waals surface area contributed by atoms with Gasteiger partial charge < -0.3 is 10.5 Å². The molecule has 1 aromatic rings. The first-order valence-electron chi connectivity index (χ1n) is 5.72. The SMILES string of the molecule is CCCC(COC)NS(=O)(=O)c1ccc(N)nc1. The molecule has 7 heteroatoms. The van der Waals surface area contributed by atoms with Crippen LogP contribution < -0.4 is 10.5 Å². The lowest BCUT2D eigenvalue weighted by Crippen LogP contribution is -2.37. The zero-order valence-electron chi connectivity index (χ0n) is 10.6. The van der Waals surface area contributed by atoms with Gasteiger partial charge in [0.1, 0.15) is 10.7 Å². The number of pyridine rings is 1. The number of nitrogens with zero attached hydrogens (tertiary/aromatic N) is 1. The summed E-state index contributed by atoms with van der Waals surface area (Å²) >= 11 is 0. The van der Waals surface area contributed by atoms with Gasteiger partial charge in [-0.2, -0.15) is 0 Å². The van der Waals surface area contributed by atoms with E-state index in [1.807, 2.05) is 6.92 Å². The standard InChI is InChI=1S/C11H19N3O3S/c1-3-4-9(8-17-2)14-18(15,16)10-5-6-11(12)13-7-10/h5-7,9,14H,3-4,8H2,1-2H3,(H2,12,13). The number of hydrogen-bond donors (Lipinski definition) is 2. The molecule has 0 spiro atoms. The summed E-state index contributed by atoms with van der Waals surface area (Å²) in [5.41, 5.74) is 5.42. The van der Waals surface area contributed by atoms with Crippen LogP contribution in [0.2, 0.25) is 0 Å². The van der Waals surface area contributed by atoms with Gasteiger partial charge in [0, 0.05) is 19.3 Å². The van der Waals surface area contributed by atoms with Gasteiger partial charge in [-0.15, -0.1) is 0 Å². The van der Waals surface area contributed by atoms with Crippen LogP contribution in [0.1, 0.15) is 19.8 Å². The van der Waals surface area contributed by atoms with E-state index in [4.69, 9.17) is 10.5 Å². The molecule has 6 nitrogen and oxygen atoms in total. The van der Waals surface area contributed by atoms with Gasteiger partial charge in [0.15, 0.2) is 0 Å². The molecule has 0 aliphatic rings. The van der Waals surface area contributed by atoms with Crippen molar-refractivity contribution in [2.24, 2.45) is 0 Å². The fourth-order valence-electron chi connectivity index (χ4n) is 1.56. The van der Waals surface area contributed by atoms with Crippen LogP contribution in [-0.4, -0.2) is 33.2 Å². The average Bonchev–Trinajstić information content (AvgIpc) is 2.29. The predicted molar refractivity (Wildman–Crippen MR) is 69.5 cm³/mol. The van der Waals surface area contributed by atoms with E-state index in [9.17, 15) is 8.42 Å². The van der Waals surface area contributed by atoms with Crippen molar-refractivity contribution >= 4 is 15.8 Å². The summed E-state index contributed by atoms with van der Waals surface area (Å²) in [4.78, 5) is 3.88. The Bertz CT molecular complexity index is 453. The third-order valence-electron chi connectivity index (χ3n) is 2.40. The monoisotopic (exact) mass is 273 g/mol. The van der Waals surface area contributed by atoms with Crippen molar-refractivity contribution in [3.05, 3.63) is 18.3 Å². The van der Waals surface area contributed by atoms with E-state index >= 15 is 0 Å². The molecule has 3 N–H and O–H groups in total. The van der Waals surface area contributed by atoms with Crippen molar-refractivity contribution in [3.8, 4) is 0 Å². The van der Waals surface area contributed by atoms with Crippen LogP contribution in [-0.2, 0) is 14.8 Å². The van der Waals surface area contributed by atoms with Crippen LogP contribution in [0.25, 0.3) is 0 Å². The Morgan fingerprint density at radius 3 is 2.72 bits per heavy atom. The van der Waals surface area contributed by atoms with Crippen LogP contribution >= 0.6 is 0 Å². The van der Waals surface area contributed by atoms with E-state index in [1.54, 1.807) is 7.11 Å². The third kappa shape index (κ3) is 4.25. The number of methoxy groups -OCH3 is 1. The van der Waals surface area contributed by atoms with Crippen molar-refractivity contribution in [2.45, 2.75) is 30.7 Å². The molecular formula is C11H19N3O3S. The fraction of sp³-hybridized carbons (Fsp3) is 0.545. The Balaban J connectivity index is 2.82. The predicted octanol–water partition coefficient (Wildman–Crippen LogP) is 0.757. The van der Waals surface area contributed by atoms with Gasteiger partial charge in [-0.1, -0.05) is 13.3 Å². The summed E-state index contributed by atoms with van der Waals surface area (Å²) in [7, 11) is -2.03. The van der Waals surface area contributed by atoms with Gasteiger partial charge in [-0.25, -0.2) is 18.1 Å². The summed E-state index contributed by atoms with van der Waals surface area (Å²) in [6.45, 7) is 2.33. The highest BCUT2D eigenvalue weighted by atomic mass is 32.2. The average molecular weight is 273 g/mol. The Labute approximate surface area is 108 Å². The molecule has 102 valence electrons. The van der Waals surface area contributed by atoms with Crippen LogP contribution in [0, 0.1) is 0 Å². The quantitative estimate of drug-likeness (QED) is 0.764. The van der Waals surface area contributed by atoms with Gasteiger partial charge in [0.25, 0.3) is 0 Å². The Morgan fingerprint density at radius 1 is 1.50 bits per heavy atom. The molecule has 0 radical (unpaired) electrons. The fourth-order valence-corrected chi connectivity index (χ4v) is 2.76. The number of rotatable bonds is 7. The highest BCUT2D eigenvalue weighted by Gasteiger charge is 2.19. The van der Waals surface area contributed by atoms with Gasteiger partial charge >= 0.3 is 0 Å². The molecule has 0 saturated heterocycles. The van der Waals surface area contributed by atoms with Crippen molar-refractivity contribution in [1.82, 2.24) is 9.71 Å². The molecule has 1 unspecified atom stereocenters. The summed E-state index contributed by atoms with van der Waals surface area (Å²) in [5.74, 6) is 0.288. The van der Waals surface area contributed by atoms with Gasteiger partial charge in [0.2, 0.25) is 10.0 Å². The molecule has 1 atom stereocenters. The number of nitrogens with two attached hydrogens (primary N) is 1. The maximum atomic E-state index is 12.1. The minimum atomic E-state index is -3.57. The van der Waals surface area contributed by atoms with E-state index in [1.165, 1.54) is 18.3 Å². The lowest BCUT2D eigenvalue weighted by molar-refractivity contribution is 0.171. The van der Waals surface area contributed by atoms with Gasteiger partial charge in [-0.3, -0.25) is 0 Å². The Morgan fingerprint density at radius 2 is 2.22 bits per heavy atom. The van der Waals surface area contributed by atoms with Crippen molar-refractivity contribution in [2.75, 3.05) is 19.5 Å². The number of ether oxygens (including phenoxy) is 1. The molecule has 0 amide bonds. The molecule has 1 aromatic heterocycles. The lowest BCUT2D eigenvalue weighted by Gasteiger charge is -2.17.